The zero-order valence-electron chi connectivity index (χ0n) is 14.5. The smallest absolute Gasteiger partial charge is 0.320 e. The molecule has 0 aliphatic carbocycles. The van der Waals surface area contributed by atoms with Crippen LogP contribution in [0.5, 0.6) is 5.75 Å². The molecule has 1 heterocycles. The van der Waals surface area contributed by atoms with Crippen molar-refractivity contribution in [1.29, 1.82) is 0 Å². The standard InChI is InChI=1S/C22H19N3O2/c23-17-13-16(11-12-18(17)26)21-19(14-7-3-1-4-8-14)20(24-22(27)25-21)15-9-5-2-6-10-15/h1-13,21,26H,23H2,(H2,24,25,27). The van der Waals surface area contributed by atoms with Crippen molar-refractivity contribution in [3.63, 3.8) is 0 Å². The minimum Gasteiger partial charge on any atom is -0.506 e. The van der Waals surface area contributed by atoms with E-state index >= 15 is 0 Å². The highest BCUT2D eigenvalue weighted by Gasteiger charge is 2.30. The maximum Gasteiger partial charge on any atom is 0.320 e. The molecule has 3 aromatic rings. The third-order valence-electron chi connectivity index (χ3n) is 4.60. The van der Waals surface area contributed by atoms with E-state index in [0.717, 1.165) is 28.0 Å². The molecule has 3 aromatic carbocycles. The van der Waals surface area contributed by atoms with Crippen molar-refractivity contribution in [3.8, 4) is 5.75 Å². The van der Waals surface area contributed by atoms with Gasteiger partial charge in [0.15, 0.2) is 0 Å². The monoisotopic (exact) mass is 357 g/mol. The Bertz CT molecular complexity index is 1010. The van der Waals surface area contributed by atoms with Gasteiger partial charge in [-0.2, -0.15) is 0 Å². The maximum absolute atomic E-state index is 12.4. The molecule has 1 unspecified atom stereocenters. The third-order valence-corrected chi connectivity index (χ3v) is 4.60. The lowest BCUT2D eigenvalue weighted by Crippen LogP contribution is -2.43. The summed E-state index contributed by atoms with van der Waals surface area (Å²) in [5.41, 5.74) is 10.6. The van der Waals surface area contributed by atoms with Gasteiger partial charge in [0, 0.05) is 5.57 Å². The van der Waals surface area contributed by atoms with Gasteiger partial charge in [-0.05, 0) is 28.8 Å². The number of amides is 2. The lowest BCUT2D eigenvalue weighted by atomic mass is 9.87. The van der Waals surface area contributed by atoms with E-state index in [4.69, 9.17) is 5.73 Å². The molecule has 5 N–H and O–H groups in total. The van der Waals surface area contributed by atoms with Crippen molar-refractivity contribution in [2.24, 2.45) is 0 Å². The molecule has 0 saturated carbocycles. The molecule has 134 valence electrons. The number of phenols is 1. The van der Waals surface area contributed by atoms with Gasteiger partial charge in [0.25, 0.3) is 0 Å². The summed E-state index contributed by atoms with van der Waals surface area (Å²) >= 11 is 0. The summed E-state index contributed by atoms with van der Waals surface area (Å²) in [7, 11) is 0. The lowest BCUT2D eigenvalue weighted by molar-refractivity contribution is 0.242. The summed E-state index contributed by atoms with van der Waals surface area (Å²) in [5, 5.41) is 15.7. The minimum atomic E-state index is -0.403. The Morgan fingerprint density at radius 3 is 2.11 bits per heavy atom. The van der Waals surface area contributed by atoms with E-state index in [2.05, 4.69) is 10.6 Å². The fraction of sp³-hybridized carbons (Fsp3) is 0.0455. The second kappa shape index (κ2) is 6.88. The van der Waals surface area contributed by atoms with Gasteiger partial charge in [0.05, 0.1) is 17.4 Å². The number of nitrogens with two attached hydrogens (primary N) is 1. The Morgan fingerprint density at radius 1 is 0.852 bits per heavy atom. The van der Waals surface area contributed by atoms with Crippen LogP contribution in [0.25, 0.3) is 11.3 Å². The molecule has 0 bridgehead atoms. The van der Waals surface area contributed by atoms with Gasteiger partial charge in [-0.25, -0.2) is 4.79 Å². The Balaban J connectivity index is 1.95. The number of nitrogen functional groups attached to an aromatic ring is 1. The molecule has 0 saturated heterocycles. The maximum atomic E-state index is 12.4. The van der Waals surface area contributed by atoms with Crippen molar-refractivity contribution in [2.75, 3.05) is 5.73 Å². The predicted octanol–water partition coefficient (Wildman–Crippen LogP) is 3.90. The molecule has 1 aliphatic rings. The fourth-order valence-electron chi connectivity index (χ4n) is 3.33. The van der Waals surface area contributed by atoms with Gasteiger partial charge in [-0.1, -0.05) is 66.7 Å². The molecule has 1 atom stereocenters. The number of carbonyl (C=O) groups excluding carboxylic acids is 1. The fourth-order valence-corrected chi connectivity index (χ4v) is 3.33. The highest BCUT2D eigenvalue weighted by atomic mass is 16.3. The quantitative estimate of drug-likeness (QED) is 0.423. The zero-order chi connectivity index (χ0) is 18.8. The molecule has 27 heavy (non-hydrogen) atoms. The first-order chi connectivity index (χ1) is 13.1. The summed E-state index contributed by atoms with van der Waals surface area (Å²) < 4.78 is 0. The molecule has 0 fully saturated rings. The van der Waals surface area contributed by atoms with Gasteiger partial charge < -0.3 is 21.5 Å². The number of benzene rings is 3. The number of phenolic OH excluding ortho intramolecular Hbond substituents is 1. The highest BCUT2D eigenvalue weighted by molar-refractivity contribution is 6.03. The predicted molar refractivity (Wildman–Crippen MR) is 107 cm³/mol. The SMILES string of the molecule is Nc1cc(C2NC(=O)NC(c3ccccc3)=C2c2ccccc2)ccc1O. The van der Waals surface area contributed by atoms with E-state index < -0.39 is 6.04 Å². The van der Waals surface area contributed by atoms with Crippen molar-refractivity contribution in [3.05, 3.63) is 95.6 Å². The van der Waals surface area contributed by atoms with E-state index in [1.54, 1.807) is 18.2 Å². The second-order valence-electron chi connectivity index (χ2n) is 6.37. The number of anilines is 1. The van der Waals surface area contributed by atoms with Crippen LogP contribution in [0.2, 0.25) is 0 Å². The number of hydrogen-bond acceptors (Lipinski definition) is 3. The first-order valence-electron chi connectivity index (χ1n) is 8.64. The van der Waals surface area contributed by atoms with Crippen LogP contribution in [0.3, 0.4) is 0 Å². The van der Waals surface area contributed by atoms with E-state index in [0.29, 0.717) is 0 Å². The van der Waals surface area contributed by atoms with Crippen molar-refractivity contribution in [2.45, 2.75) is 6.04 Å². The summed E-state index contributed by atoms with van der Waals surface area (Å²) in [5.74, 6) is 0.0209. The summed E-state index contributed by atoms with van der Waals surface area (Å²) in [6, 6.07) is 24.0. The molecule has 4 rings (SSSR count). The van der Waals surface area contributed by atoms with Crippen LogP contribution in [-0.2, 0) is 0 Å². The van der Waals surface area contributed by atoms with Crippen LogP contribution in [-0.4, -0.2) is 11.1 Å². The summed E-state index contributed by atoms with van der Waals surface area (Å²) in [6.07, 6.45) is 0. The first-order valence-corrected chi connectivity index (χ1v) is 8.64. The molecule has 1 aliphatic heterocycles. The average molecular weight is 357 g/mol. The van der Waals surface area contributed by atoms with E-state index in [1.807, 2.05) is 60.7 Å². The molecule has 5 heteroatoms. The molecule has 0 spiro atoms. The van der Waals surface area contributed by atoms with Crippen molar-refractivity contribution < 1.29 is 9.90 Å². The number of nitrogens with one attached hydrogen (secondary N) is 2. The largest absolute Gasteiger partial charge is 0.506 e. The molecular formula is C22H19N3O2. The summed E-state index contributed by atoms with van der Waals surface area (Å²) in [4.78, 5) is 12.4. The molecule has 5 nitrogen and oxygen atoms in total. The van der Waals surface area contributed by atoms with Gasteiger partial charge in [0.2, 0.25) is 0 Å². The Kier molecular flexibility index (Phi) is 4.26. The van der Waals surface area contributed by atoms with E-state index in [-0.39, 0.29) is 17.5 Å². The number of carbonyl (C=O) groups is 1. The van der Waals surface area contributed by atoms with Crippen LogP contribution < -0.4 is 16.4 Å². The molecule has 0 radical (unpaired) electrons. The average Bonchev–Trinajstić information content (AvgIpc) is 2.71. The van der Waals surface area contributed by atoms with Crippen molar-refractivity contribution in [1.82, 2.24) is 10.6 Å². The van der Waals surface area contributed by atoms with E-state index in [1.165, 1.54) is 0 Å². The van der Waals surface area contributed by atoms with Gasteiger partial charge in [-0.15, -0.1) is 0 Å². The number of rotatable bonds is 3. The molecular weight excluding hydrogens is 338 g/mol. The second-order valence-corrected chi connectivity index (χ2v) is 6.37. The third kappa shape index (κ3) is 3.22. The molecule has 0 aromatic heterocycles. The van der Waals surface area contributed by atoms with Crippen LogP contribution >= 0.6 is 0 Å². The van der Waals surface area contributed by atoms with Crippen molar-refractivity contribution >= 4 is 23.0 Å². The van der Waals surface area contributed by atoms with Gasteiger partial charge >= 0.3 is 6.03 Å². The minimum absolute atomic E-state index is 0.0209. The number of urea groups is 1. The van der Waals surface area contributed by atoms with Crippen LogP contribution in [0.4, 0.5) is 10.5 Å². The zero-order valence-corrected chi connectivity index (χ0v) is 14.5. The summed E-state index contributed by atoms with van der Waals surface area (Å²) in [6.45, 7) is 0. The highest BCUT2D eigenvalue weighted by Crippen LogP contribution is 2.39. The Morgan fingerprint density at radius 2 is 1.48 bits per heavy atom. The lowest BCUT2D eigenvalue weighted by Gasteiger charge is -2.31. The van der Waals surface area contributed by atoms with Crippen LogP contribution in [0.15, 0.2) is 78.9 Å². The van der Waals surface area contributed by atoms with E-state index in [9.17, 15) is 9.90 Å². The first kappa shape index (κ1) is 16.7. The Hall–Kier alpha value is -3.73. The Labute approximate surface area is 157 Å². The number of hydrogen-bond donors (Lipinski definition) is 4. The van der Waals surface area contributed by atoms with Crippen LogP contribution in [0.1, 0.15) is 22.7 Å². The molecule has 2 amide bonds. The number of aromatic hydroxyl groups is 1. The van der Waals surface area contributed by atoms with Gasteiger partial charge in [-0.3, -0.25) is 0 Å². The topological polar surface area (TPSA) is 87.4 Å². The normalized spacial score (nSPS) is 16.6. The van der Waals surface area contributed by atoms with Gasteiger partial charge in [0.1, 0.15) is 5.75 Å². The van der Waals surface area contributed by atoms with Crippen LogP contribution in [0, 0.1) is 0 Å².